The van der Waals surface area contributed by atoms with E-state index in [1.807, 2.05) is 0 Å². The molecular weight excluding hydrogens is 384 g/mol. The van der Waals surface area contributed by atoms with Crippen LogP contribution in [0.1, 0.15) is 25.5 Å². The van der Waals surface area contributed by atoms with Crippen LogP contribution in [-0.2, 0) is 9.53 Å². The third-order valence-corrected chi connectivity index (χ3v) is 4.28. The summed E-state index contributed by atoms with van der Waals surface area (Å²) < 4.78 is 10.9. The fourth-order valence-electron chi connectivity index (χ4n) is 2.35. The largest absolute Gasteiger partial charge is 0.504 e. The lowest BCUT2D eigenvalue weighted by atomic mass is 9.95. The molecule has 2 rings (SSSR count). The van der Waals surface area contributed by atoms with Gasteiger partial charge in [0.25, 0.3) is 0 Å². The van der Waals surface area contributed by atoms with Crippen LogP contribution in [0.5, 0.6) is 11.5 Å². The first kappa shape index (κ1) is 17.6. The molecule has 0 unspecified atom stereocenters. The van der Waals surface area contributed by atoms with Crippen LogP contribution in [0.3, 0.4) is 0 Å². The Morgan fingerprint density at radius 2 is 2.17 bits per heavy atom. The number of hydrogen-bond acceptors (Lipinski definition) is 5. The van der Waals surface area contributed by atoms with Crippen LogP contribution in [0.15, 0.2) is 27.9 Å². The third kappa shape index (κ3) is 3.59. The first-order valence-electron chi connectivity index (χ1n) is 6.90. The highest BCUT2D eigenvalue weighted by Crippen LogP contribution is 2.38. The predicted molar refractivity (Wildman–Crippen MR) is 93.3 cm³/mol. The second-order valence-corrected chi connectivity index (χ2v) is 6.10. The number of benzene rings is 1. The molecule has 1 atom stereocenters. The van der Waals surface area contributed by atoms with E-state index in [0.717, 1.165) is 0 Å². The number of carbonyl (C=O) groups excluding carboxylic acids is 1. The van der Waals surface area contributed by atoms with Crippen molar-refractivity contribution in [3.8, 4) is 11.5 Å². The number of carbonyl (C=O) groups is 1. The number of allylic oxidation sites excluding steroid dienone is 1. The fraction of sp³-hybridized carbons (Fsp3) is 0.333. The number of rotatable bonds is 4. The Morgan fingerprint density at radius 1 is 1.48 bits per heavy atom. The van der Waals surface area contributed by atoms with Crippen LogP contribution in [0.2, 0.25) is 0 Å². The molecule has 0 saturated heterocycles. The van der Waals surface area contributed by atoms with Gasteiger partial charge in [-0.05, 0) is 43.8 Å². The molecule has 0 radical (unpaired) electrons. The SMILES string of the molecule is CCOC(=O)C1=C(C)NC(=S)N[C@@H]1c1cc(OC)c(O)cc1Br. The van der Waals surface area contributed by atoms with Crippen molar-refractivity contribution < 1.29 is 19.4 Å². The highest BCUT2D eigenvalue weighted by Gasteiger charge is 2.32. The lowest BCUT2D eigenvalue weighted by Gasteiger charge is -2.30. The van der Waals surface area contributed by atoms with Gasteiger partial charge in [0.05, 0.1) is 25.3 Å². The molecule has 1 aromatic carbocycles. The standard InChI is InChI=1S/C15H17BrN2O4S/c1-4-22-14(20)12-7(2)17-15(23)18-13(12)8-5-11(21-3)10(19)6-9(8)16/h5-6,13,19H,4H2,1-3H3,(H2,17,18,23)/t13-/m1/s1. The van der Waals surface area contributed by atoms with Gasteiger partial charge in [-0.15, -0.1) is 0 Å². The predicted octanol–water partition coefficient (Wildman–Crippen LogP) is 2.52. The summed E-state index contributed by atoms with van der Waals surface area (Å²) in [6, 6.07) is 2.64. The van der Waals surface area contributed by atoms with E-state index in [-0.39, 0.29) is 12.4 Å². The second-order valence-electron chi connectivity index (χ2n) is 4.84. The normalized spacial score (nSPS) is 17.4. The molecule has 23 heavy (non-hydrogen) atoms. The number of nitrogens with one attached hydrogen (secondary N) is 2. The monoisotopic (exact) mass is 400 g/mol. The number of hydrogen-bond donors (Lipinski definition) is 3. The van der Waals surface area contributed by atoms with Gasteiger partial charge in [0, 0.05) is 10.2 Å². The topological polar surface area (TPSA) is 79.8 Å². The third-order valence-electron chi connectivity index (χ3n) is 3.37. The van der Waals surface area contributed by atoms with Gasteiger partial charge in [-0.2, -0.15) is 0 Å². The Hall–Kier alpha value is -1.80. The van der Waals surface area contributed by atoms with Crippen molar-refractivity contribution in [2.75, 3.05) is 13.7 Å². The molecule has 1 aliphatic heterocycles. The summed E-state index contributed by atoms with van der Waals surface area (Å²) in [7, 11) is 1.46. The van der Waals surface area contributed by atoms with Crippen molar-refractivity contribution in [2.45, 2.75) is 19.9 Å². The van der Waals surface area contributed by atoms with Gasteiger partial charge in [-0.3, -0.25) is 0 Å². The van der Waals surface area contributed by atoms with E-state index in [9.17, 15) is 9.90 Å². The molecule has 1 aromatic rings. The molecule has 6 nitrogen and oxygen atoms in total. The number of thiocarbonyl (C=S) groups is 1. The number of halogens is 1. The molecular formula is C15H17BrN2O4S. The van der Waals surface area contributed by atoms with Crippen molar-refractivity contribution in [3.05, 3.63) is 33.4 Å². The Labute approximate surface area is 148 Å². The summed E-state index contributed by atoms with van der Waals surface area (Å²) in [6.07, 6.45) is 0. The molecule has 3 N–H and O–H groups in total. The van der Waals surface area contributed by atoms with Crippen LogP contribution >= 0.6 is 28.1 Å². The molecule has 124 valence electrons. The molecule has 0 bridgehead atoms. The number of phenols is 1. The minimum absolute atomic E-state index is 0.00183. The number of ether oxygens (including phenoxy) is 2. The van der Waals surface area contributed by atoms with Gasteiger partial charge in [-0.25, -0.2) is 4.79 Å². The van der Waals surface area contributed by atoms with E-state index in [0.29, 0.717) is 32.2 Å². The van der Waals surface area contributed by atoms with E-state index < -0.39 is 12.0 Å². The van der Waals surface area contributed by atoms with E-state index in [1.54, 1.807) is 19.9 Å². The van der Waals surface area contributed by atoms with Crippen LogP contribution in [0, 0.1) is 0 Å². The Kier molecular flexibility index (Phi) is 5.48. The number of aromatic hydroxyl groups is 1. The quantitative estimate of drug-likeness (QED) is 0.529. The van der Waals surface area contributed by atoms with Crippen molar-refractivity contribution in [1.29, 1.82) is 0 Å². The maximum atomic E-state index is 12.3. The lowest BCUT2D eigenvalue weighted by molar-refractivity contribution is -0.139. The summed E-state index contributed by atoms with van der Waals surface area (Å²) in [5.74, 6) is -0.134. The highest BCUT2D eigenvalue weighted by atomic mass is 79.9. The van der Waals surface area contributed by atoms with Crippen LogP contribution in [-0.4, -0.2) is 29.9 Å². The summed E-state index contributed by atoms with van der Waals surface area (Å²) in [4.78, 5) is 12.3. The van der Waals surface area contributed by atoms with E-state index in [2.05, 4.69) is 26.6 Å². The fourth-order valence-corrected chi connectivity index (χ4v) is 3.18. The lowest BCUT2D eigenvalue weighted by Crippen LogP contribution is -2.45. The van der Waals surface area contributed by atoms with Crippen LogP contribution < -0.4 is 15.4 Å². The van der Waals surface area contributed by atoms with Crippen molar-refractivity contribution in [3.63, 3.8) is 0 Å². The smallest absolute Gasteiger partial charge is 0.338 e. The van der Waals surface area contributed by atoms with Gasteiger partial charge in [-0.1, -0.05) is 15.9 Å². The van der Waals surface area contributed by atoms with Crippen LogP contribution in [0.4, 0.5) is 0 Å². The number of phenolic OH excluding ortho intramolecular Hbond substituents is 1. The summed E-state index contributed by atoms with van der Waals surface area (Å²) in [6.45, 7) is 3.78. The maximum Gasteiger partial charge on any atom is 0.338 e. The Bertz CT molecular complexity index is 690. The Morgan fingerprint density at radius 3 is 2.78 bits per heavy atom. The van der Waals surface area contributed by atoms with E-state index in [1.165, 1.54) is 13.2 Å². The minimum atomic E-state index is -0.522. The molecule has 0 saturated carbocycles. The molecule has 0 aliphatic carbocycles. The molecule has 1 aliphatic rings. The molecule has 1 heterocycles. The van der Waals surface area contributed by atoms with Crippen molar-refractivity contribution >= 4 is 39.2 Å². The van der Waals surface area contributed by atoms with Gasteiger partial charge < -0.3 is 25.2 Å². The van der Waals surface area contributed by atoms with Gasteiger partial charge in [0.1, 0.15) is 0 Å². The maximum absolute atomic E-state index is 12.3. The first-order valence-corrected chi connectivity index (χ1v) is 8.11. The summed E-state index contributed by atoms with van der Waals surface area (Å²) >= 11 is 8.60. The number of methoxy groups -OCH3 is 1. The van der Waals surface area contributed by atoms with E-state index >= 15 is 0 Å². The second kappa shape index (κ2) is 7.18. The molecule has 8 heteroatoms. The van der Waals surface area contributed by atoms with Gasteiger partial charge >= 0.3 is 5.97 Å². The first-order chi connectivity index (χ1) is 10.9. The zero-order valence-corrected chi connectivity index (χ0v) is 15.3. The minimum Gasteiger partial charge on any atom is -0.504 e. The molecule has 0 aromatic heterocycles. The van der Waals surface area contributed by atoms with Crippen molar-refractivity contribution in [2.24, 2.45) is 0 Å². The molecule has 0 amide bonds. The average molecular weight is 401 g/mol. The average Bonchev–Trinajstić information content (AvgIpc) is 2.46. The summed E-state index contributed by atoms with van der Waals surface area (Å²) in [5.41, 5.74) is 1.75. The zero-order chi connectivity index (χ0) is 17.1. The van der Waals surface area contributed by atoms with Crippen LogP contribution in [0.25, 0.3) is 0 Å². The zero-order valence-electron chi connectivity index (χ0n) is 12.9. The van der Waals surface area contributed by atoms with Crippen molar-refractivity contribution in [1.82, 2.24) is 10.6 Å². The molecule has 0 spiro atoms. The number of esters is 1. The summed E-state index contributed by atoms with van der Waals surface area (Å²) in [5, 5.41) is 16.3. The Balaban J connectivity index is 2.56. The van der Waals surface area contributed by atoms with Gasteiger partial charge in [0.2, 0.25) is 0 Å². The van der Waals surface area contributed by atoms with Gasteiger partial charge in [0.15, 0.2) is 16.6 Å². The highest BCUT2D eigenvalue weighted by molar-refractivity contribution is 9.10. The van der Waals surface area contributed by atoms with E-state index in [4.69, 9.17) is 21.7 Å². The molecule has 0 fully saturated rings.